The average molecular weight is 346 g/mol. The van der Waals surface area contributed by atoms with Crippen molar-refractivity contribution >= 4 is 18.3 Å². The molecule has 142 valence electrons. The zero-order chi connectivity index (χ0) is 18.5. The number of carboxylic acids is 1. The van der Waals surface area contributed by atoms with E-state index in [9.17, 15) is 9.59 Å². The Hall–Kier alpha value is -1.63. The highest BCUT2D eigenvalue weighted by molar-refractivity contribution is 5.75. The molecule has 0 fully saturated rings. The van der Waals surface area contributed by atoms with Crippen LogP contribution in [0.3, 0.4) is 0 Å². The first kappa shape index (κ1) is 24.6. The summed E-state index contributed by atoms with van der Waals surface area (Å²) in [7, 11) is 0. The second-order valence-electron chi connectivity index (χ2n) is 5.63. The SMILES string of the molecule is CCCCCCCCCCCCC(=O)NCNCC(=O)O.O=CO. The van der Waals surface area contributed by atoms with Gasteiger partial charge in [0.2, 0.25) is 5.91 Å². The fourth-order valence-electron chi connectivity index (χ4n) is 2.19. The summed E-state index contributed by atoms with van der Waals surface area (Å²) < 4.78 is 0. The number of carboxylic acid groups (broad SMARTS) is 2. The zero-order valence-electron chi connectivity index (χ0n) is 14.9. The van der Waals surface area contributed by atoms with Gasteiger partial charge in [-0.3, -0.25) is 19.7 Å². The number of hydrogen-bond acceptors (Lipinski definition) is 4. The third-order valence-corrected chi connectivity index (χ3v) is 3.44. The van der Waals surface area contributed by atoms with Crippen molar-refractivity contribution in [2.75, 3.05) is 13.2 Å². The smallest absolute Gasteiger partial charge is 0.317 e. The van der Waals surface area contributed by atoms with Crippen LogP contribution in [0.25, 0.3) is 0 Å². The van der Waals surface area contributed by atoms with Gasteiger partial charge < -0.3 is 15.5 Å². The van der Waals surface area contributed by atoms with Crippen molar-refractivity contribution in [1.82, 2.24) is 10.6 Å². The van der Waals surface area contributed by atoms with Gasteiger partial charge in [-0.15, -0.1) is 0 Å². The van der Waals surface area contributed by atoms with Crippen LogP contribution in [0.5, 0.6) is 0 Å². The minimum absolute atomic E-state index is 0.00699. The molecule has 0 atom stereocenters. The fraction of sp³-hybridized carbons (Fsp3) is 0.824. The van der Waals surface area contributed by atoms with Crippen molar-refractivity contribution in [1.29, 1.82) is 0 Å². The van der Waals surface area contributed by atoms with Crippen LogP contribution in [0.4, 0.5) is 0 Å². The Kier molecular flexibility index (Phi) is 21.9. The van der Waals surface area contributed by atoms with Gasteiger partial charge in [0.1, 0.15) is 0 Å². The van der Waals surface area contributed by atoms with E-state index in [1.807, 2.05) is 0 Å². The van der Waals surface area contributed by atoms with E-state index < -0.39 is 5.97 Å². The third kappa shape index (κ3) is 25.3. The van der Waals surface area contributed by atoms with Crippen LogP contribution in [0.2, 0.25) is 0 Å². The lowest BCUT2D eigenvalue weighted by molar-refractivity contribution is -0.136. The number of unbranched alkanes of at least 4 members (excludes halogenated alkanes) is 9. The average Bonchev–Trinajstić information content (AvgIpc) is 2.54. The number of rotatable bonds is 15. The monoisotopic (exact) mass is 346 g/mol. The van der Waals surface area contributed by atoms with Crippen LogP contribution in [0, 0.1) is 0 Å². The molecule has 0 radical (unpaired) electrons. The molecule has 0 aliphatic carbocycles. The summed E-state index contributed by atoms with van der Waals surface area (Å²) in [6.45, 7) is 2.08. The molecule has 0 saturated carbocycles. The predicted octanol–water partition coefficient (Wildman–Crippen LogP) is 2.75. The highest BCUT2D eigenvalue weighted by Crippen LogP contribution is 2.11. The summed E-state index contributed by atoms with van der Waals surface area (Å²) >= 11 is 0. The van der Waals surface area contributed by atoms with Crippen molar-refractivity contribution in [3.8, 4) is 0 Å². The van der Waals surface area contributed by atoms with Crippen molar-refractivity contribution in [3.05, 3.63) is 0 Å². The quantitative estimate of drug-likeness (QED) is 0.206. The topological polar surface area (TPSA) is 116 Å². The molecule has 24 heavy (non-hydrogen) atoms. The minimum atomic E-state index is -0.918. The van der Waals surface area contributed by atoms with E-state index >= 15 is 0 Å². The van der Waals surface area contributed by atoms with Crippen LogP contribution in [0.1, 0.15) is 77.6 Å². The van der Waals surface area contributed by atoms with Crippen LogP contribution in [-0.4, -0.2) is 41.8 Å². The molecule has 0 aromatic carbocycles. The molecule has 0 saturated heterocycles. The van der Waals surface area contributed by atoms with Crippen molar-refractivity contribution in [3.63, 3.8) is 0 Å². The van der Waals surface area contributed by atoms with Gasteiger partial charge in [-0.1, -0.05) is 64.7 Å². The lowest BCUT2D eigenvalue weighted by Gasteiger charge is -2.05. The standard InChI is InChI=1S/C16H32N2O3.CH2O2/c1-2-3-4-5-6-7-8-9-10-11-12-15(19)18-14-17-13-16(20)21;2-1-3/h17H,2-14H2,1H3,(H,18,19)(H,20,21);1H,(H,2,3). The predicted molar refractivity (Wildman–Crippen MR) is 93.8 cm³/mol. The fourth-order valence-corrected chi connectivity index (χ4v) is 2.19. The van der Waals surface area contributed by atoms with Gasteiger partial charge in [0.15, 0.2) is 0 Å². The van der Waals surface area contributed by atoms with E-state index in [0.29, 0.717) is 6.42 Å². The Morgan fingerprint density at radius 1 is 0.917 bits per heavy atom. The molecular formula is C17H34N2O5. The first-order valence-electron chi connectivity index (χ1n) is 8.85. The van der Waals surface area contributed by atoms with E-state index in [2.05, 4.69) is 17.6 Å². The van der Waals surface area contributed by atoms with Gasteiger partial charge in [0.25, 0.3) is 6.47 Å². The summed E-state index contributed by atoms with van der Waals surface area (Å²) in [4.78, 5) is 30.0. The molecule has 0 aromatic heterocycles. The molecule has 7 nitrogen and oxygen atoms in total. The van der Waals surface area contributed by atoms with Gasteiger partial charge in [0, 0.05) is 6.42 Å². The Morgan fingerprint density at radius 3 is 1.83 bits per heavy atom. The highest BCUT2D eigenvalue weighted by Gasteiger charge is 2.01. The molecular weight excluding hydrogens is 312 g/mol. The second kappa shape index (κ2) is 21.4. The number of nitrogens with one attached hydrogen (secondary N) is 2. The summed E-state index contributed by atoms with van der Waals surface area (Å²) in [5.41, 5.74) is 0. The summed E-state index contributed by atoms with van der Waals surface area (Å²) in [5.74, 6) is -0.925. The molecule has 4 N–H and O–H groups in total. The largest absolute Gasteiger partial charge is 0.483 e. The summed E-state index contributed by atoms with van der Waals surface area (Å²) in [6.07, 6.45) is 13.1. The van der Waals surface area contributed by atoms with Gasteiger partial charge in [0.05, 0.1) is 13.2 Å². The third-order valence-electron chi connectivity index (χ3n) is 3.44. The molecule has 0 unspecified atom stereocenters. The van der Waals surface area contributed by atoms with Gasteiger partial charge in [-0.05, 0) is 6.42 Å². The van der Waals surface area contributed by atoms with Gasteiger partial charge >= 0.3 is 5.97 Å². The Balaban J connectivity index is 0. The van der Waals surface area contributed by atoms with Crippen LogP contribution in [-0.2, 0) is 14.4 Å². The van der Waals surface area contributed by atoms with E-state index in [4.69, 9.17) is 15.0 Å². The molecule has 0 heterocycles. The Morgan fingerprint density at radius 2 is 1.38 bits per heavy atom. The molecule has 0 spiro atoms. The maximum atomic E-state index is 11.4. The second-order valence-corrected chi connectivity index (χ2v) is 5.63. The maximum Gasteiger partial charge on any atom is 0.317 e. The molecule has 0 aromatic rings. The number of carbonyl (C=O) groups is 3. The number of hydrogen-bond donors (Lipinski definition) is 4. The maximum absolute atomic E-state index is 11.4. The Labute approximate surface area is 145 Å². The molecule has 0 bridgehead atoms. The minimum Gasteiger partial charge on any atom is -0.483 e. The molecule has 0 aliphatic rings. The summed E-state index contributed by atoms with van der Waals surface area (Å²) in [6, 6.07) is 0. The number of aliphatic carboxylic acids is 1. The van der Waals surface area contributed by atoms with Crippen LogP contribution in [0.15, 0.2) is 0 Å². The van der Waals surface area contributed by atoms with Crippen LogP contribution < -0.4 is 10.6 Å². The van der Waals surface area contributed by atoms with Crippen molar-refractivity contribution in [2.24, 2.45) is 0 Å². The van der Waals surface area contributed by atoms with E-state index in [1.54, 1.807) is 0 Å². The van der Waals surface area contributed by atoms with E-state index in [0.717, 1.165) is 12.8 Å². The van der Waals surface area contributed by atoms with E-state index in [-0.39, 0.29) is 25.6 Å². The normalized spacial score (nSPS) is 9.71. The van der Waals surface area contributed by atoms with Crippen molar-refractivity contribution in [2.45, 2.75) is 77.6 Å². The highest BCUT2D eigenvalue weighted by atomic mass is 16.4. The molecule has 1 amide bonds. The molecule has 0 rings (SSSR count). The number of carbonyl (C=O) groups excluding carboxylic acids is 1. The van der Waals surface area contributed by atoms with Gasteiger partial charge in [-0.2, -0.15) is 0 Å². The lowest BCUT2D eigenvalue weighted by atomic mass is 10.1. The first-order valence-corrected chi connectivity index (χ1v) is 8.85. The lowest BCUT2D eigenvalue weighted by Crippen LogP contribution is -2.36. The van der Waals surface area contributed by atoms with E-state index in [1.165, 1.54) is 51.4 Å². The van der Waals surface area contributed by atoms with Crippen molar-refractivity contribution < 1.29 is 24.6 Å². The number of amides is 1. The van der Waals surface area contributed by atoms with Gasteiger partial charge in [-0.25, -0.2) is 0 Å². The van der Waals surface area contributed by atoms with Crippen LogP contribution >= 0.6 is 0 Å². The molecule has 7 heteroatoms. The Bertz CT molecular complexity index is 311. The zero-order valence-corrected chi connectivity index (χ0v) is 14.9. The summed E-state index contributed by atoms with van der Waals surface area (Å²) in [5, 5.41) is 20.6. The molecule has 0 aliphatic heterocycles. The first-order chi connectivity index (χ1) is 11.6.